The van der Waals surface area contributed by atoms with Crippen molar-refractivity contribution in [1.82, 2.24) is 4.57 Å². The highest BCUT2D eigenvalue weighted by atomic mass is 16.5. The van der Waals surface area contributed by atoms with E-state index in [0.717, 1.165) is 0 Å². The van der Waals surface area contributed by atoms with Crippen LogP contribution >= 0.6 is 0 Å². The van der Waals surface area contributed by atoms with Crippen LogP contribution in [0.25, 0.3) is 0 Å². The minimum absolute atomic E-state index is 0.0976. The summed E-state index contributed by atoms with van der Waals surface area (Å²) in [6, 6.07) is 9.25. The van der Waals surface area contributed by atoms with E-state index in [1.165, 1.54) is 29.0 Å². The lowest BCUT2D eigenvalue weighted by Crippen LogP contribution is -2.25. The molecule has 1 heterocycles. The Kier molecular flexibility index (Phi) is 6.09. The van der Waals surface area contributed by atoms with Crippen molar-refractivity contribution in [2.24, 2.45) is 0 Å². The molecule has 0 aliphatic carbocycles. The first-order chi connectivity index (χ1) is 11.9. The lowest BCUT2D eigenvalue weighted by molar-refractivity contribution is 0.0747. The Balaban J connectivity index is 2.32. The van der Waals surface area contributed by atoms with Gasteiger partial charge in [-0.2, -0.15) is 5.26 Å². The summed E-state index contributed by atoms with van der Waals surface area (Å²) in [6.45, 7) is 4.66. The van der Waals surface area contributed by atoms with Crippen LogP contribution in [0, 0.1) is 11.3 Å². The van der Waals surface area contributed by atoms with Crippen LogP contribution in [-0.4, -0.2) is 28.2 Å². The Morgan fingerprint density at radius 3 is 2.72 bits per heavy atom. The minimum atomic E-state index is -0.444. The number of hydrogen-bond donors (Lipinski definition) is 1. The molecule has 0 radical (unpaired) electrons. The van der Waals surface area contributed by atoms with Gasteiger partial charge in [-0.15, -0.1) is 0 Å². The van der Waals surface area contributed by atoms with Gasteiger partial charge in [-0.05, 0) is 38.5 Å². The lowest BCUT2D eigenvalue weighted by atomic mass is 10.0. The predicted molar refractivity (Wildman–Crippen MR) is 92.7 cm³/mol. The van der Waals surface area contributed by atoms with Crippen LogP contribution in [0.4, 0.5) is 0 Å². The van der Waals surface area contributed by atoms with Gasteiger partial charge in [0.2, 0.25) is 0 Å². The highest BCUT2D eigenvalue weighted by Crippen LogP contribution is 2.19. The zero-order valence-corrected chi connectivity index (χ0v) is 14.2. The quantitative estimate of drug-likeness (QED) is 0.617. The van der Waals surface area contributed by atoms with Crippen molar-refractivity contribution in [3.05, 3.63) is 63.6 Å². The maximum Gasteiger partial charge on any atom is 0.268 e. The average Bonchev–Trinajstić information content (AvgIpc) is 2.59. The smallest absolute Gasteiger partial charge is 0.268 e. The van der Waals surface area contributed by atoms with Crippen LogP contribution in [-0.2, 0) is 11.3 Å². The summed E-state index contributed by atoms with van der Waals surface area (Å²) in [7, 11) is 0. The fraction of sp³-hybridized carbons (Fsp3) is 0.316. The Hall–Kier alpha value is -2.91. The normalized spacial score (nSPS) is 10.6. The minimum Gasteiger partial charge on any atom is -0.507 e. The number of aryl methyl sites for hydroxylation is 1. The topological polar surface area (TPSA) is 92.3 Å². The van der Waals surface area contributed by atoms with E-state index in [4.69, 9.17) is 10.00 Å². The summed E-state index contributed by atoms with van der Waals surface area (Å²) >= 11 is 0. The van der Waals surface area contributed by atoms with Gasteiger partial charge in [0.05, 0.1) is 11.7 Å². The van der Waals surface area contributed by atoms with Gasteiger partial charge in [0.25, 0.3) is 5.56 Å². The van der Waals surface area contributed by atoms with E-state index in [9.17, 15) is 14.7 Å². The maximum absolute atomic E-state index is 12.6. The monoisotopic (exact) mass is 340 g/mol. The van der Waals surface area contributed by atoms with Crippen LogP contribution in [0.15, 0.2) is 41.3 Å². The van der Waals surface area contributed by atoms with Crippen molar-refractivity contribution in [3.8, 4) is 11.8 Å². The van der Waals surface area contributed by atoms with Crippen molar-refractivity contribution in [1.29, 1.82) is 5.26 Å². The summed E-state index contributed by atoms with van der Waals surface area (Å²) in [5, 5.41) is 19.0. The summed E-state index contributed by atoms with van der Waals surface area (Å²) in [5.41, 5.74) is -0.242. The number of pyridine rings is 1. The molecule has 130 valence electrons. The third kappa shape index (κ3) is 4.55. The van der Waals surface area contributed by atoms with E-state index in [2.05, 4.69) is 0 Å². The van der Waals surface area contributed by atoms with E-state index in [1.807, 2.05) is 19.9 Å². The fourth-order valence-electron chi connectivity index (χ4n) is 2.38. The standard InChI is InChI=1S/C19H20N2O4/c1-13(2)25-9-5-8-21-12-15(10-14(11-20)19(21)24)18(23)16-6-3-4-7-17(16)22/h3-4,6-7,10,12-13,22H,5,8-9H2,1-2H3. The number of ketones is 1. The molecule has 0 aliphatic heterocycles. The van der Waals surface area contributed by atoms with Gasteiger partial charge >= 0.3 is 0 Å². The molecule has 1 aromatic carbocycles. The predicted octanol–water partition coefficient (Wildman–Crippen LogP) is 2.47. The van der Waals surface area contributed by atoms with E-state index in [1.54, 1.807) is 12.1 Å². The van der Waals surface area contributed by atoms with Gasteiger partial charge < -0.3 is 14.4 Å². The summed E-state index contributed by atoms with van der Waals surface area (Å²) in [4.78, 5) is 24.9. The number of phenolic OH excluding ortho intramolecular Hbond substituents is 1. The molecule has 6 heteroatoms. The van der Waals surface area contributed by atoms with E-state index < -0.39 is 11.3 Å². The van der Waals surface area contributed by atoms with E-state index in [0.29, 0.717) is 19.6 Å². The molecule has 0 amide bonds. The molecule has 25 heavy (non-hydrogen) atoms. The van der Waals surface area contributed by atoms with Crippen LogP contribution in [0.2, 0.25) is 0 Å². The first-order valence-electron chi connectivity index (χ1n) is 8.03. The summed E-state index contributed by atoms with van der Waals surface area (Å²) in [6.07, 6.45) is 2.10. The second-order valence-corrected chi connectivity index (χ2v) is 5.87. The second-order valence-electron chi connectivity index (χ2n) is 5.87. The Morgan fingerprint density at radius 2 is 2.08 bits per heavy atom. The molecule has 6 nitrogen and oxygen atoms in total. The van der Waals surface area contributed by atoms with Crippen LogP contribution in [0.5, 0.6) is 5.75 Å². The molecular formula is C19H20N2O4. The molecule has 0 atom stereocenters. The van der Waals surface area contributed by atoms with Gasteiger partial charge in [-0.1, -0.05) is 12.1 Å². The number of rotatable bonds is 7. The molecule has 1 N–H and O–H groups in total. The number of phenols is 1. The van der Waals surface area contributed by atoms with Gasteiger partial charge in [-0.25, -0.2) is 0 Å². The first-order valence-corrected chi connectivity index (χ1v) is 8.03. The van der Waals surface area contributed by atoms with Gasteiger partial charge in [-0.3, -0.25) is 9.59 Å². The molecule has 0 saturated heterocycles. The molecular weight excluding hydrogens is 320 g/mol. The van der Waals surface area contributed by atoms with Crippen LogP contribution < -0.4 is 5.56 Å². The number of nitriles is 1. The fourth-order valence-corrected chi connectivity index (χ4v) is 2.38. The molecule has 0 fully saturated rings. The number of hydrogen-bond acceptors (Lipinski definition) is 5. The Morgan fingerprint density at radius 1 is 1.36 bits per heavy atom. The zero-order chi connectivity index (χ0) is 18.4. The van der Waals surface area contributed by atoms with Crippen molar-refractivity contribution >= 4 is 5.78 Å². The van der Waals surface area contributed by atoms with Crippen LogP contribution in [0.1, 0.15) is 41.8 Å². The molecule has 2 rings (SSSR count). The number of carbonyl (C=O) groups excluding carboxylic acids is 1. The molecule has 0 unspecified atom stereocenters. The van der Waals surface area contributed by atoms with E-state index in [-0.39, 0.29) is 28.5 Å². The van der Waals surface area contributed by atoms with Gasteiger partial charge in [0.15, 0.2) is 5.78 Å². The summed E-state index contributed by atoms with van der Waals surface area (Å²) in [5.74, 6) is -0.587. The van der Waals surface area contributed by atoms with Crippen molar-refractivity contribution in [2.75, 3.05) is 6.61 Å². The van der Waals surface area contributed by atoms with Crippen molar-refractivity contribution in [3.63, 3.8) is 0 Å². The SMILES string of the molecule is CC(C)OCCCn1cc(C(=O)c2ccccc2O)cc(C#N)c1=O. The third-order valence-electron chi connectivity index (χ3n) is 3.61. The molecule has 0 bridgehead atoms. The van der Waals surface area contributed by atoms with Gasteiger partial charge in [0, 0.05) is 24.9 Å². The van der Waals surface area contributed by atoms with E-state index >= 15 is 0 Å². The maximum atomic E-state index is 12.6. The number of benzene rings is 1. The highest BCUT2D eigenvalue weighted by Gasteiger charge is 2.16. The molecule has 0 spiro atoms. The Labute approximate surface area is 145 Å². The zero-order valence-electron chi connectivity index (χ0n) is 14.2. The number of ether oxygens (including phenoxy) is 1. The largest absolute Gasteiger partial charge is 0.507 e. The number of nitrogens with zero attached hydrogens (tertiary/aromatic N) is 2. The number of aromatic nitrogens is 1. The van der Waals surface area contributed by atoms with Crippen molar-refractivity contribution < 1.29 is 14.6 Å². The van der Waals surface area contributed by atoms with Crippen molar-refractivity contribution in [2.45, 2.75) is 32.9 Å². The van der Waals surface area contributed by atoms with Gasteiger partial charge in [0.1, 0.15) is 17.4 Å². The number of para-hydroxylation sites is 1. The average molecular weight is 340 g/mol. The first kappa shape index (κ1) is 18.4. The molecule has 1 aromatic heterocycles. The lowest BCUT2D eigenvalue weighted by Gasteiger charge is -2.11. The second kappa shape index (κ2) is 8.27. The van der Waals surface area contributed by atoms with Crippen LogP contribution in [0.3, 0.4) is 0 Å². The highest BCUT2D eigenvalue weighted by molar-refractivity contribution is 6.10. The Bertz CT molecular complexity index is 862. The molecule has 0 aliphatic rings. The summed E-state index contributed by atoms with van der Waals surface area (Å²) < 4.78 is 6.79. The molecule has 0 saturated carbocycles. The third-order valence-corrected chi connectivity index (χ3v) is 3.61. The number of carbonyl (C=O) groups is 1. The molecule has 2 aromatic rings. The number of aromatic hydroxyl groups is 1.